The van der Waals surface area contributed by atoms with E-state index in [4.69, 9.17) is 9.47 Å². The lowest BCUT2D eigenvalue weighted by atomic mass is 10.2. The van der Waals surface area contributed by atoms with Crippen LogP contribution in [-0.4, -0.2) is 32.8 Å². The fourth-order valence-electron chi connectivity index (χ4n) is 3.43. The Morgan fingerprint density at radius 3 is 2.26 bits per heavy atom. The van der Waals surface area contributed by atoms with Gasteiger partial charge in [0, 0.05) is 23.5 Å². The number of carbonyl (C=O) groups is 1. The second-order valence-corrected chi connectivity index (χ2v) is 8.04. The average Bonchev–Trinajstić information content (AvgIpc) is 3.11. The van der Waals surface area contributed by atoms with Gasteiger partial charge in [-0.15, -0.1) is 0 Å². The van der Waals surface area contributed by atoms with E-state index in [0.717, 1.165) is 28.3 Å². The minimum Gasteiger partial charge on any atom is -0.497 e. The molecule has 0 aliphatic heterocycles. The lowest BCUT2D eigenvalue weighted by molar-refractivity contribution is -0.111. The number of anilines is 1. The molecule has 0 saturated carbocycles. The molecular weight excluding hydrogens is 442 g/mol. The van der Waals surface area contributed by atoms with E-state index in [9.17, 15) is 4.79 Å². The van der Waals surface area contributed by atoms with Crippen molar-refractivity contribution < 1.29 is 14.3 Å². The monoisotopic (exact) mass is 469 g/mol. The van der Waals surface area contributed by atoms with Crippen LogP contribution in [0.4, 0.5) is 5.69 Å². The molecule has 0 saturated heterocycles. The molecule has 8 heteroatoms. The molecule has 4 aromatic rings. The van der Waals surface area contributed by atoms with Crippen molar-refractivity contribution in [1.82, 2.24) is 19.7 Å². The minimum absolute atomic E-state index is 0.231. The highest BCUT2D eigenvalue weighted by molar-refractivity contribution is 6.01. The van der Waals surface area contributed by atoms with Crippen LogP contribution in [0.1, 0.15) is 28.3 Å². The first-order chi connectivity index (χ1) is 16.8. The smallest absolute Gasteiger partial charge is 0.248 e. The van der Waals surface area contributed by atoms with Crippen LogP contribution in [0, 0.1) is 27.7 Å². The fourth-order valence-corrected chi connectivity index (χ4v) is 3.43. The van der Waals surface area contributed by atoms with Crippen molar-refractivity contribution in [2.45, 2.75) is 27.7 Å². The van der Waals surface area contributed by atoms with Crippen LogP contribution in [0.25, 0.3) is 11.9 Å². The van der Waals surface area contributed by atoms with Gasteiger partial charge in [0.2, 0.25) is 11.8 Å². The second-order valence-electron chi connectivity index (χ2n) is 8.04. The first kappa shape index (κ1) is 23.7. The summed E-state index contributed by atoms with van der Waals surface area (Å²) in [5.74, 6) is 2.76. The Morgan fingerprint density at radius 2 is 1.63 bits per heavy atom. The molecule has 178 valence electrons. The molecule has 0 unspecified atom stereocenters. The molecule has 2 aromatic heterocycles. The summed E-state index contributed by atoms with van der Waals surface area (Å²) in [7, 11) is 1.62. The third-order valence-electron chi connectivity index (χ3n) is 5.56. The van der Waals surface area contributed by atoms with Gasteiger partial charge in [0.1, 0.15) is 17.3 Å². The van der Waals surface area contributed by atoms with Crippen LogP contribution >= 0.6 is 0 Å². The predicted molar refractivity (Wildman–Crippen MR) is 135 cm³/mol. The van der Waals surface area contributed by atoms with Gasteiger partial charge < -0.3 is 14.8 Å². The zero-order chi connectivity index (χ0) is 24.9. The van der Waals surface area contributed by atoms with Crippen LogP contribution < -0.4 is 14.8 Å². The van der Waals surface area contributed by atoms with Crippen molar-refractivity contribution >= 4 is 17.7 Å². The molecule has 4 rings (SSSR count). The molecule has 2 heterocycles. The van der Waals surface area contributed by atoms with E-state index in [2.05, 4.69) is 20.4 Å². The fraction of sp³-hybridized carbons (Fsp3) is 0.185. The summed E-state index contributed by atoms with van der Waals surface area (Å²) in [4.78, 5) is 21.2. The first-order valence-corrected chi connectivity index (χ1v) is 11.1. The number of carbonyl (C=O) groups excluding carboxylic acids is 1. The van der Waals surface area contributed by atoms with Gasteiger partial charge in [0.15, 0.2) is 5.82 Å². The van der Waals surface area contributed by atoms with Crippen LogP contribution in [0.2, 0.25) is 0 Å². The Hall–Kier alpha value is -4.46. The van der Waals surface area contributed by atoms with Gasteiger partial charge >= 0.3 is 0 Å². The summed E-state index contributed by atoms with van der Waals surface area (Å²) in [6.07, 6.45) is 3.23. The number of aryl methyl sites for hydroxylation is 2. The summed E-state index contributed by atoms with van der Waals surface area (Å²) in [5.41, 5.74) is 4.66. The van der Waals surface area contributed by atoms with Gasteiger partial charge in [0.25, 0.3) is 0 Å². The van der Waals surface area contributed by atoms with Gasteiger partial charge in [-0.05, 0) is 81.3 Å². The van der Waals surface area contributed by atoms with Gasteiger partial charge in [-0.3, -0.25) is 4.79 Å². The SMILES string of the molecule is COc1ccc(/C=C/C(=O)Nc2ccc(Oc3cc(-n4nc(C)c(C)c4C)nc(C)n3)cc2)cc1. The maximum atomic E-state index is 12.3. The Morgan fingerprint density at radius 1 is 0.943 bits per heavy atom. The molecule has 1 amide bonds. The van der Waals surface area contributed by atoms with Crippen molar-refractivity contribution in [1.29, 1.82) is 0 Å². The highest BCUT2D eigenvalue weighted by Crippen LogP contribution is 2.24. The van der Waals surface area contributed by atoms with Crippen LogP contribution in [0.3, 0.4) is 0 Å². The van der Waals surface area contributed by atoms with Crippen molar-refractivity contribution in [3.63, 3.8) is 0 Å². The second kappa shape index (κ2) is 10.2. The molecule has 0 spiro atoms. The van der Waals surface area contributed by atoms with E-state index in [1.807, 2.05) is 52.0 Å². The van der Waals surface area contributed by atoms with Gasteiger partial charge in [0.05, 0.1) is 12.8 Å². The van der Waals surface area contributed by atoms with Gasteiger partial charge in [-0.2, -0.15) is 10.1 Å². The quantitative estimate of drug-likeness (QED) is 0.367. The summed E-state index contributed by atoms with van der Waals surface area (Å²) in [5, 5.41) is 7.41. The van der Waals surface area contributed by atoms with E-state index in [-0.39, 0.29) is 5.91 Å². The van der Waals surface area contributed by atoms with Crippen LogP contribution in [-0.2, 0) is 4.79 Å². The third-order valence-corrected chi connectivity index (χ3v) is 5.56. The molecule has 0 atom stereocenters. The Labute approximate surface area is 204 Å². The number of ether oxygens (including phenoxy) is 2. The molecule has 8 nitrogen and oxygen atoms in total. The third kappa shape index (κ3) is 5.73. The number of benzene rings is 2. The Balaban J connectivity index is 1.42. The molecular formula is C27H27N5O3. The zero-order valence-electron chi connectivity index (χ0n) is 20.4. The molecule has 0 radical (unpaired) electrons. The van der Waals surface area contributed by atoms with Crippen LogP contribution in [0.5, 0.6) is 17.4 Å². The summed E-state index contributed by atoms with van der Waals surface area (Å²) in [6, 6.07) is 16.3. The maximum Gasteiger partial charge on any atom is 0.248 e. The van der Waals surface area contributed by atoms with E-state index in [1.165, 1.54) is 6.08 Å². The number of rotatable bonds is 7. The molecule has 1 N–H and O–H groups in total. The summed E-state index contributed by atoms with van der Waals surface area (Å²) >= 11 is 0. The molecule has 35 heavy (non-hydrogen) atoms. The highest BCUT2D eigenvalue weighted by atomic mass is 16.5. The first-order valence-electron chi connectivity index (χ1n) is 11.1. The number of hydrogen-bond donors (Lipinski definition) is 1. The molecule has 0 aliphatic carbocycles. The number of methoxy groups -OCH3 is 1. The molecule has 0 bridgehead atoms. The van der Waals surface area contributed by atoms with Gasteiger partial charge in [-0.25, -0.2) is 9.67 Å². The minimum atomic E-state index is -0.231. The predicted octanol–water partition coefficient (Wildman–Crippen LogP) is 5.35. The Kier molecular flexibility index (Phi) is 6.91. The van der Waals surface area contributed by atoms with Crippen LogP contribution in [0.15, 0.2) is 60.7 Å². The van der Waals surface area contributed by atoms with E-state index >= 15 is 0 Å². The van der Waals surface area contributed by atoms with Crippen molar-refractivity contribution in [2.24, 2.45) is 0 Å². The summed E-state index contributed by atoms with van der Waals surface area (Å²) < 4.78 is 12.9. The van der Waals surface area contributed by atoms with Crippen molar-refractivity contribution in [2.75, 3.05) is 12.4 Å². The summed E-state index contributed by atoms with van der Waals surface area (Å²) in [6.45, 7) is 7.83. The van der Waals surface area contributed by atoms with E-state index in [0.29, 0.717) is 29.0 Å². The van der Waals surface area contributed by atoms with Crippen molar-refractivity contribution in [3.8, 4) is 23.2 Å². The number of hydrogen-bond acceptors (Lipinski definition) is 6. The van der Waals surface area contributed by atoms with Crippen molar-refractivity contribution in [3.05, 3.63) is 89.0 Å². The maximum absolute atomic E-state index is 12.3. The van der Waals surface area contributed by atoms with E-state index < -0.39 is 0 Å². The number of amides is 1. The largest absolute Gasteiger partial charge is 0.497 e. The molecule has 0 aliphatic rings. The Bertz CT molecular complexity index is 1370. The molecule has 0 fully saturated rings. The topological polar surface area (TPSA) is 91.2 Å². The number of nitrogens with one attached hydrogen (secondary N) is 1. The molecule has 2 aromatic carbocycles. The normalized spacial score (nSPS) is 11.0. The lowest BCUT2D eigenvalue weighted by Gasteiger charge is -2.10. The lowest BCUT2D eigenvalue weighted by Crippen LogP contribution is -2.07. The zero-order valence-corrected chi connectivity index (χ0v) is 20.4. The highest BCUT2D eigenvalue weighted by Gasteiger charge is 2.13. The van der Waals surface area contributed by atoms with Gasteiger partial charge in [-0.1, -0.05) is 12.1 Å². The average molecular weight is 470 g/mol. The number of nitrogens with zero attached hydrogens (tertiary/aromatic N) is 4. The number of aromatic nitrogens is 4. The standard InChI is InChI=1S/C27H27N5O3/c1-17-18(2)31-32(19(17)3)25-16-27(29-20(4)28-25)35-24-13-9-22(10-14-24)30-26(33)15-8-21-6-11-23(34-5)12-7-21/h6-16H,1-5H3,(H,30,33)/b15-8+. The van der Waals surface area contributed by atoms with E-state index in [1.54, 1.807) is 48.2 Å².